The quantitative estimate of drug-likeness (QED) is 0.871. The number of benzene rings is 1. The summed E-state index contributed by atoms with van der Waals surface area (Å²) in [4.78, 5) is 14.2. The van der Waals surface area contributed by atoms with Gasteiger partial charge < -0.3 is 14.2 Å². The number of hydrogen-bond acceptors (Lipinski definition) is 4. The first-order chi connectivity index (χ1) is 10.7. The highest BCUT2D eigenvalue weighted by atomic mass is 16.5. The molecule has 0 aliphatic carbocycles. The monoisotopic (exact) mass is 300 g/mol. The molecule has 1 unspecified atom stereocenters. The Morgan fingerprint density at radius 1 is 1.41 bits per heavy atom. The lowest BCUT2D eigenvalue weighted by Gasteiger charge is -2.32. The predicted octanol–water partition coefficient (Wildman–Crippen LogP) is 2.60. The fraction of sp³-hybridized carbons (Fsp3) is 0.412. The number of nitrogens with zero attached hydrogens (tertiary/aromatic N) is 2. The number of piperidine rings is 1. The van der Waals surface area contributed by atoms with Crippen LogP contribution in [0.3, 0.4) is 0 Å². The first-order valence-corrected chi connectivity index (χ1v) is 7.62. The molecule has 116 valence electrons. The topological polar surface area (TPSA) is 55.6 Å². The van der Waals surface area contributed by atoms with Crippen molar-refractivity contribution >= 4 is 5.91 Å². The summed E-state index contributed by atoms with van der Waals surface area (Å²) in [6.07, 6.45) is 2.28. The van der Waals surface area contributed by atoms with Crippen molar-refractivity contribution in [3.63, 3.8) is 0 Å². The molecule has 0 saturated carbocycles. The van der Waals surface area contributed by atoms with E-state index >= 15 is 0 Å². The molecule has 1 aliphatic heterocycles. The lowest BCUT2D eigenvalue weighted by Crippen LogP contribution is -2.45. The van der Waals surface area contributed by atoms with Gasteiger partial charge in [0.05, 0.1) is 18.7 Å². The van der Waals surface area contributed by atoms with Crippen LogP contribution in [0.1, 0.15) is 24.3 Å². The second-order valence-corrected chi connectivity index (χ2v) is 5.64. The van der Waals surface area contributed by atoms with Crippen LogP contribution in [0.25, 0.3) is 0 Å². The standard InChI is InChI=1S/C17H20N2O3/c1-13-10-14(18-22-13)11-17(20)19-9-5-8-16(12-19)21-15-6-3-2-4-7-15/h2-4,6-7,10,16H,5,8-9,11-12H2,1H3. The van der Waals surface area contributed by atoms with Crippen LogP contribution in [0.2, 0.25) is 0 Å². The van der Waals surface area contributed by atoms with Gasteiger partial charge >= 0.3 is 0 Å². The van der Waals surface area contributed by atoms with Gasteiger partial charge in [-0.2, -0.15) is 0 Å². The van der Waals surface area contributed by atoms with E-state index in [1.165, 1.54) is 0 Å². The number of rotatable bonds is 4. The van der Waals surface area contributed by atoms with Gasteiger partial charge in [-0.1, -0.05) is 23.4 Å². The number of aryl methyl sites for hydroxylation is 1. The van der Waals surface area contributed by atoms with Crippen molar-refractivity contribution in [1.82, 2.24) is 10.1 Å². The van der Waals surface area contributed by atoms with Gasteiger partial charge in [-0.25, -0.2) is 0 Å². The Balaban J connectivity index is 1.57. The lowest BCUT2D eigenvalue weighted by molar-refractivity contribution is -0.133. The molecular weight excluding hydrogens is 280 g/mol. The van der Waals surface area contributed by atoms with Gasteiger partial charge in [0.1, 0.15) is 17.6 Å². The van der Waals surface area contributed by atoms with Crippen molar-refractivity contribution in [2.75, 3.05) is 13.1 Å². The van der Waals surface area contributed by atoms with Crippen LogP contribution in [0.5, 0.6) is 5.75 Å². The minimum Gasteiger partial charge on any atom is -0.489 e. The average Bonchev–Trinajstić information content (AvgIpc) is 2.93. The zero-order chi connectivity index (χ0) is 15.4. The van der Waals surface area contributed by atoms with Gasteiger partial charge in [0.25, 0.3) is 0 Å². The summed E-state index contributed by atoms with van der Waals surface area (Å²) in [5.74, 6) is 1.66. The third-order valence-corrected chi connectivity index (χ3v) is 3.79. The minimum atomic E-state index is 0.0548. The molecule has 0 radical (unpaired) electrons. The molecule has 1 aromatic heterocycles. The number of hydrogen-bond donors (Lipinski definition) is 0. The molecule has 1 atom stereocenters. The van der Waals surface area contributed by atoms with Crippen LogP contribution in [0, 0.1) is 6.92 Å². The lowest BCUT2D eigenvalue weighted by atomic mass is 10.1. The van der Waals surface area contributed by atoms with Gasteiger partial charge in [0.15, 0.2) is 0 Å². The van der Waals surface area contributed by atoms with Crippen LogP contribution >= 0.6 is 0 Å². The summed E-state index contributed by atoms with van der Waals surface area (Å²) in [6, 6.07) is 11.6. The number of carbonyl (C=O) groups is 1. The average molecular weight is 300 g/mol. The van der Waals surface area contributed by atoms with E-state index in [2.05, 4.69) is 5.16 Å². The van der Waals surface area contributed by atoms with E-state index in [1.807, 2.05) is 42.2 Å². The van der Waals surface area contributed by atoms with E-state index in [4.69, 9.17) is 9.26 Å². The van der Waals surface area contributed by atoms with Gasteiger partial charge in [-0.05, 0) is 31.9 Å². The van der Waals surface area contributed by atoms with E-state index in [-0.39, 0.29) is 18.4 Å². The predicted molar refractivity (Wildman–Crippen MR) is 81.6 cm³/mol. The van der Waals surface area contributed by atoms with Crippen molar-refractivity contribution in [3.05, 3.63) is 47.9 Å². The molecule has 0 spiro atoms. The first kappa shape index (κ1) is 14.6. The van der Waals surface area contributed by atoms with Crippen LogP contribution in [-0.4, -0.2) is 35.2 Å². The molecule has 3 rings (SSSR count). The van der Waals surface area contributed by atoms with Gasteiger partial charge in [0.2, 0.25) is 5.91 Å². The number of likely N-dealkylation sites (tertiary alicyclic amines) is 1. The molecule has 1 amide bonds. The number of para-hydroxylation sites is 1. The zero-order valence-electron chi connectivity index (χ0n) is 12.7. The van der Waals surface area contributed by atoms with Gasteiger partial charge in [0, 0.05) is 12.6 Å². The van der Waals surface area contributed by atoms with Crippen molar-refractivity contribution in [2.24, 2.45) is 0 Å². The Kier molecular flexibility index (Phi) is 4.42. The largest absolute Gasteiger partial charge is 0.489 e. The summed E-state index contributed by atoms with van der Waals surface area (Å²) < 4.78 is 11.0. The van der Waals surface area contributed by atoms with Gasteiger partial charge in [-0.3, -0.25) is 4.79 Å². The maximum atomic E-state index is 12.4. The second-order valence-electron chi connectivity index (χ2n) is 5.64. The summed E-state index contributed by atoms with van der Waals surface area (Å²) >= 11 is 0. The summed E-state index contributed by atoms with van der Waals surface area (Å²) in [6.45, 7) is 3.24. The Morgan fingerprint density at radius 2 is 2.23 bits per heavy atom. The highest BCUT2D eigenvalue weighted by molar-refractivity contribution is 5.78. The number of ether oxygens (including phenoxy) is 1. The highest BCUT2D eigenvalue weighted by Gasteiger charge is 2.25. The molecule has 1 saturated heterocycles. The van der Waals surface area contributed by atoms with Crippen molar-refractivity contribution in [2.45, 2.75) is 32.3 Å². The number of amides is 1. The van der Waals surface area contributed by atoms with Crippen LogP contribution in [-0.2, 0) is 11.2 Å². The van der Waals surface area contributed by atoms with Crippen molar-refractivity contribution in [3.8, 4) is 5.75 Å². The molecular formula is C17H20N2O3. The molecule has 1 fully saturated rings. The third-order valence-electron chi connectivity index (χ3n) is 3.79. The SMILES string of the molecule is Cc1cc(CC(=O)N2CCCC(Oc3ccccc3)C2)no1. The Bertz CT molecular complexity index is 624. The number of carbonyl (C=O) groups excluding carboxylic acids is 1. The molecule has 5 nitrogen and oxygen atoms in total. The fourth-order valence-corrected chi connectivity index (χ4v) is 2.72. The normalized spacial score (nSPS) is 18.2. The van der Waals surface area contributed by atoms with Crippen molar-refractivity contribution in [1.29, 1.82) is 0 Å². The molecule has 0 bridgehead atoms. The van der Waals surface area contributed by atoms with E-state index in [9.17, 15) is 4.79 Å². The molecule has 1 aliphatic rings. The van der Waals surface area contributed by atoms with E-state index in [0.29, 0.717) is 12.2 Å². The minimum absolute atomic E-state index is 0.0548. The van der Waals surface area contributed by atoms with Crippen LogP contribution < -0.4 is 4.74 Å². The molecule has 2 aromatic rings. The van der Waals surface area contributed by atoms with Crippen molar-refractivity contribution < 1.29 is 14.1 Å². The summed E-state index contributed by atoms with van der Waals surface area (Å²) in [5, 5.41) is 3.88. The molecule has 0 N–H and O–H groups in total. The Morgan fingerprint density at radius 3 is 2.95 bits per heavy atom. The van der Waals surface area contributed by atoms with E-state index in [1.54, 1.807) is 6.07 Å². The fourth-order valence-electron chi connectivity index (χ4n) is 2.72. The maximum absolute atomic E-state index is 12.4. The third kappa shape index (κ3) is 3.67. The Hall–Kier alpha value is -2.30. The molecule has 1 aromatic carbocycles. The Labute approximate surface area is 129 Å². The highest BCUT2D eigenvalue weighted by Crippen LogP contribution is 2.18. The second kappa shape index (κ2) is 6.64. The summed E-state index contributed by atoms with van der Waals surface area (Å²) in [7, 11) is 0. The molecule has 2 heterocycles. The molecule has 5 heteroatoms. The van der Waals surface area contributed by atoms with Gasteiger partial charge in [-0.15, -0.1) is 0 Å². The van der Waals surface area contributed by atoms with Crippen LogP contribution in [0.15, 0.2) is 40.9 Å². The maximum Gasteiger partial charge on any atom is 0.228 e. The van der Waals surface area contributed by atoms with E-state index in [0.717, 1.165) is 30.9 Å². The zero-order valence-corrected chi connectivity index (χ0v) is 12.7. The van der Waals surface area contributed by atoms with Crippen LogP contribution in [0.4, 0.5) is 0 Å². The first-order valence-electron chi connectivity index (χ1n) is 7.62. The smallest absolute Gasteiger partial charge is 0.228 e. The number of aromatic nitrogens is 1. The van der Waals surface area contributed by atoms with E-state index < -0.39 is 0 Å². The molecule has 22 heavy (non-hydrogen) atoms. The summed E-state index contributed by atoms with van der Waals surface area (Å²) in [5.41, 5.74) is 0.689.